The summed E-state index contributed by atoms with van der Waals surface area (Å²) < 4.78 is 0. The van der Waals surface area contributed by atoms with Crippen molar-refractivity contribution in [3.63, 3.8) is 0 Å². The Morgan fingerprint density at radius 1 is 1.62 bits per heavy atom. The van der Waals surface area contributed by atoms with Crippen LogP contribution in [-0.2, 0) is 0 Å². The fourth-order valence-electron chi connectivity index (χ4n) is 0.530. The summed E-state index contributed by atoms with van der Waals surface area (Å²) in [6.07, 6.45) is 0. The molecule has 0 aromatic carbocycles. The van der Waals surface area contributed by atoms with Crippen molar-refractivity contribution in [1.82, 2.24) is 10.4 Å². The number of rotatable bonds is 4. The maximum absolute atomic E-state index is 3.35. The van der Waals surface area contributed by atoms with Crippen LogP contribution in [-0.4, -0.2) is 30.5 Å². The van der Waals surface area contributed by atoms with Gasteiger partial charge in [-0.3, -0.25) is 5.43 Å². The van der Waals surface area contributed by atoms with Crippen molar-refractivity contribution in [3.8, 4) is 0 Å². The first-order valence-electron chi connectivity index (χ1n) is 2.83. The number of hydrogen-bond acceptors (Lipinski definition) is 2. The Balaban J connectivity index is 3.07. The lowest BCUT2D eigenvalue weighted by Crippen LogP contribution is -2.36. The molecule has 0 heterocycles. The van der Waals surface area contributed by atoms with Crippen LogP contribution in [0.2, 0.25) is 0 Å². The molecule has 0 saturated heterocycles. The molecule has 1 N–H and O–H groups in total. The van der Waals surface area contributed by atoms with Gasteiger partial charge in [0.05, 0.1) is 0 Å². The summed E-state index contributed by atoms with van der Waals surface area (Å²) in [6.45, 7) is 4.24. The van der Waals surface area contributed by atoms with E-state index >= 15 is 0 Å². The quantitative estimate of drug-likeness (QED) is 0.510. The zero-order chi connectivity index (χ0) is 6.41. The average molecular weight is 181 g/mol. The van der Waals surface area contributed by atoms with E-state index in [4.69, 9.17) is 0 Å². The van der Waals surface area contributed by atoms with Gasteiger partial charge in [-0.1, -0.05) is 22.9 Å². The van der Waals surface area contributed by atoms with Crippen molar-refractivity contribution in [2.75, 3.05) is 25.5 Å². The third-order valence-corrected chi connectivity index (χ3v) is 1.41. The summed E-state index contributed by atoms with van der Waals surface area (Å²) in [5.41, 5.74) is 3.06. The normalized spacial score (nSPS) is 10.5. The van der Waals surface area contributed by atoms with Gasteiger partial charge < -0.3 is 0 Å². The van der Waals surface area contributed by atoms with Crippen LogP contribution in [0.25, 0.3) is 0 Å². The molecule has 0 fully saturated rings. The van der Waals surface area contributed by atoms with Crippen LogP contribution >= 0.6 is 15.9 Å². The summed E-state index contributed by atoms with van der Waals surface area (Å²) in [6, 6.07) is 0. The molecule has 3 heteroatoms. The molecule has 8 heavy (non-hydrogen) atoms. The summed E-state index contributed by atoms with van der Waals surface area (Å²) in [5, 5.41) is 3.16. The smallest absolute Gasteiger partial charge is 0.0228 e. The highest BCUT2D eigenvalue weighted by Crippen LogP contribution is 1.83. The molecule has 0 radical (unpaired) electrons. The number of alkyl halides is 1. The van der Waals surface area contributed by atoms with Gasteiger partial charge >= 0.3 is 0 Å². The molecule has 0 saturated carbocycles. The van der Waals surface area contributed by atoms with E-state index in [1.54, 1.807) is 0 Å². The standard InChI is InChI=1S/C5H13BrN2/c1-3-8(7-2)5-4-6/h7H,3-5H2,1-2H3. The van der Waals surface area contributed by atoms with Crippen molar-refractivity contribution in [2.24, 2.45) is 0 Å². The second-order valence-corrected chi connectivity index (χ2v) is 2.29. The molecule has 0 aliphatic carbocycles. The number of hydrogen-bond donors (Lipinski definition) is 1. The molecule has 2 nitrogen and oxygen atoms in total. The zero-order valence-electron chi connectivity index (χ0n) is 5.45. The Morgan fingerprint density at radius 3 is 2.38 bits per heavy atom. The maximum atomic E-state index is 3.35. The van der Waals surface area contributed by atoms with Gasteiger partial charge in [-0.15, -0.1) is 0 Å². The molecule has 0 spiro atoms. The molecular weight excluding hydrogens is 168 g/mol. The highest BCUT2D eigenvalue weighted by Gasteiger charge is 1.92. The van der Waals surface area contributed by atoms with Crippen molar-refractivity contribution < 1.29 is 0 Å². The lowest BCUT2D eigenvalue weighted by Gasteiger charge is -2.16. The average Bonchev–Trinajstić information content (AvgIpc) is 1.83. The van der Waals surface area contributed by atoms with Crippen LogP contribution in [0.15, 0.2) is 0 Å². The van der Waals surface area contributed by atoms with Crippen LogP contribution in [0.1, 0.15) is 6.92 Å². The first kappa shape index (κ1) is 8.40. The molecule has 0 aromatic rings. The number of nitrogens with zero attached hydrogens (tertiary/aromatic N) is 1. The van der Waals surface area contributed by atoms with E-state index in [2.05, 4.69) is 33.3 Å². The number of halogens is 1. The van der Waals surface area contributed by atoms with E-state index in [-0.39, 0.29) is 0 Å². The molecule has 0 aliphatic heterocycles. The Bertz CT molecular complexity index is 45.7. The van der Waals surface area contributed by atoms with Crippen molar-refractivity contribution in [1.29, 1.82) is 0 Å². The maximum Gasteiger partial charge on any atom is 0.0228 e. The SMILES string of the molecule is CCN(CCBr)NC. The first-order chi connectivity index (χ1) is 3.85. The van der Waals surface area contributed by atoms with Gasteiger partial charge in [-0.05, 0) is 7.05 Å². The van der Waals surface area contributed by atoms with E-state index in [1.807, 2.05) is 7.05 Å². The molecule has 0 amide bonds. The van der Waals surface area contributed by atoms with Crippen LogP contribution in [0.5, 0.6) is 0 Å². The van der Waals surface area contributed by atoms with Gasteiger partial charge in [-0.2, -0.15) is 0 Å². The predicted octanol–water partition coefficient (Wildman–Crippen LogP) is 0.838. The summed E-state index contributed by atoms with van der Waals surface area (Å²) in [4.78, 5) is 0. The summed E-state index contributed by atoms with van der Waals surface area (Å²) >= 11 is 3.35. The Morgan fingerprint density at radius 2 is 2.25 bits per heavy atom. The fourth-order valence-corrected chi connectivity index (χ4v) is 0.958. The first-order valence-corrected chi connectivity index (χ1v) is 3.95. The highest BCUT2D eigenvalue weighted by molar-refractivity contribution is 9.09. The number of hydrazine groups is 1. The van der Waals surface area contributed by atoms with Crippen LogP contribution in [0, 0.1) is 0 Å². The minimum Gasteiger partial charge on any atom is -0.258 e. The lowest BCUT2D eigenvalue weighted by atomic mass is 10.6. The summed E-state index contributed by atoms with van der Waals surface area (Å²) in [5.74, 6) is 0. The zero-order valence-corrected chi connectivity index (χ0v) is 7.03. The molecule has 0 bridgehead atoms. The Labute approximate surface area is 59.3 Å². The largest absolute Gasteiger partial charge is 0.258 e. The van der Waals surface area contributed by atoms with E-state index in [0.717, 1.165) is 18.4 Å². The van der Waals surface area contributed by atoms with E-state index in [9.17, 15) is 0 Å². The topological polar surface area (TPSA) is 15.3 Å². The van der Waals surface area contributed by atoms with Crippen molar-refractivity contribution in [2.45, 2.75) is 6.92 Å². The Hall–Kier alpha value is 0.400. The third-order valence-electron chi connectivity index (χ3n) is 1.05. The fraction of sp³-hybridized carbons (Fsp3) is 1.00. The van der Waals surface area contributed by atoms with E-state index < -0.39 is 0 Å². The van der Waals surface area contributed by atoms with Crippen LogP contribution in [0.3, 0.4) is 0 Å². The second-order valence-electron chi connectivity index (χ2n) is 1.49. The van der Waals surface area contributed by atoms with Gasteiger partial charge in [0.2, 0.25) is 0 Å². The van der Waals surface area contributed by atoms with Crippen molar-refractivity contribution in [3.05, 3.63) is 0 Å². The van der Waals surface area contributed by atoms with Gasteiger partial charge in [0.25, 0.3) is 0 Å². The lowest BCUT2D eigenvalue weighted by molar-refractivity contribution is 0.235. The van der Waals surface area contributed by atoms with Gasteiger partial charge in [0, 0.05) is 18.4 Å². The molecule has 0 aliphatic rings. The van der Waals surface area contributed by atoms with Gasteiger partial charge in [0.1, 0.15) is 0 Å². The highest BCUT2D eigenvalue weighted by atomic mass is 79.9. The molecular formula is C5H13BrN2. The predicted molar refractivity (Wildman–Crippen MR) is 40.1 cm³/mol. The number of nitrogens with one attached hydrogen (secondary N) is 1. The van der Waals surface area contributed by atoms with E-state index in [1.165, 1.54) is 0 Å². The van der Waals surface area contributed by atoms with Crippen LogP contribution in [0.4, 0.5) is 0 Å². The summed E-state index contributed by atoms with van der Waals surface area (Å²) in [7, 11) is 1.94. The molecule has 0 aromatic heterocycles. The van der Waals surface area contributed by atoms with Gasteiger partial charge in [0.15, 0.2) is 0 Å². The minimum atomic E-state index is 1.03. The minimum absolute atomic E-state index is 1.03. The monoisotopic (exact) mass is 180 g/mol. The molecule has 0 unspecified atom stereocenters. The van der Waals surface area contributed by atoms with Gasteiger partial charge in [-0.25, -0.2) is 5.01 Å². The van der Waals surface area contributed by atoms with Crippen molar-refractivity contribution >= 4 is 15.9 Å². The molecule has 50 valence electrons. The second kappa shape index (κ2) is 5.54. The molecule has 0 rings (SSSR count). The van der Waals surface area contributed by atoms with E-state index in [0.29, 0.717) is 0 Å². The Kier molecular flexibility index (Phi) is 5.81. The van der Waals surface area contributed by atoms with Crippen LogP contribution < -0.4 is 5.43 Å². The third kappa shape index (κ3) is 3.41. The molecule has 0 atom stereocenters.